The summed E-state index contributed by atoms with van der Waals surface area (Å²) in [6.45, 7) is 0. The molecule has 4 heteroatoms. The van der Waals surface area contributed by atoms with Crippen molar-refractivity contribution in [2.75, 3.05) is 6.26 Å². The highest BCUT2D eigenvalue weighted by Crippen LogP contribution is 2.24. The van der Waals surface area contributed by atoms with E-state index in [1.165, 1.54) is 0 Å². The molecular weight excluding hydrogens is 184 g/mol. The van der Waals surface area contributed by atoms with Crippen molar-refractivity contribution in [1.29, 1.82) is 0 Å². The lowest BCUT2D eigenvalue weighted by Gasteiger charge is -1.98. The van der Waals surface area contributed by atoms with Crippen LogP contribution in [0.3, 0.4) is 0 Å². The number of fused-ring (bicyclic) bond motifs is 1. The molecular formula is C9H8N2OS. The molecule has 1 aromatic heterocycles. The van der Waals surface area contributed by atoms with Gasteiger partial charge in [0, 0.05) is 10.5 Å². The van der Waals surface area contributed by atoms with Crippen LogP contribution in [0.25, 0.3) is 11.0 Å². The maximum absolute atomic E-state index is 10.6. The summed E-state index contributed by atoms with van der Waals surface area (Å²) in [5.41, 5.74) is 2.52. The third-order valence-corrected chi connectivity index (χ3v) is 2.62. The molecule has 0 bridgehead atoms. The highest BCUT2D eigenvalue weighted by molar-refractivity contribution is 7.98. The summed E-state index contributed by atoms with van der Waals surface area (Å²) in [7, 11) is 0. The summed E-state index contributed by atoms with van der Waals surface area (Å²) in [6, 6.07) is 3.65. The van der Waals surface area contributed by atoms with E-state index in [2.05, 4.69) is 9.97 Å². The summed E-state index contributed by atoms with van der Waals surface area (Å²) in [6.07, 6.45) is 4.46. The summed E-state index contributed by atoms with van der Waals surface area (Å²) >= 11 is 1.59. The van der Waals surface area contributed by atoms with E-state index in [1.807, 2.05) is 12.3 Å². The molecule has 0 fully saturated rings. The lowest BCUT2D eigenvalue weighted by Crippen LogP contribution is -1.82. The van der Waals surface area contributed by atoms with Crippen molar-refractivity contribution in [3.05, 3.63) is 24.0 Å². The highest BCUT2D eigenvalue weighted by Gasteiger charge is 2.04. The Kier molecular flexibility index (Phi) is 2.06. The number of benzene rings is 1. The van der Waals surface area contributed by atoms with Gasteiger partial charge in [-0.1, -0.05) is 0 Å². The van der Waals surface area contributed by atoms with Crippen LogP contribution < -0.4 is 0 Å². The van der Waals surface area contributed by atoms with Crippen LogP contribution in [0.5, 0.6) is 0 Å². The summed E-state index contributed by atoms with van der Waals surface area (Å²) in [5, 5.41) is 0. The van der Waals surface area contributed by atoms with E-state index >= 15 is 0 Å². The van der Waals surface area contributed by atoms with Crippen LogP contribution in [0.2, 0.25) is 0 Å². The molecule has 2 rings (SSSR count). The molecule has 0 saturated heterocycles. The number of nitrogens with one attached hydrogen (secondary N) is 1. The van der Waals surface area contributed by atoms with E-state index in [0.29, 0.717) is 5.56 Å². The van der Waals surface area contributed by atoms with Crippen LogP contribution in [-0.2, 0) is 0 Å². The van der Waals surface area contributed by atoms with Crippen molar-refractivity contribution in [3.63, 3.8) is 0 Å². The van der Waals surface area contributed by atoms with Gasteiger partial charge in [-0.2, -0.15) is 0 Å². The Hall–Kier alpha value is -1.29. The van der Waals surface area contributed by atoms with Crippen LogP contribution in [0.4, 0.5) is 0 Å². The number of carbonyl (C=O) groups excluding carboxylic acids is 1. The average Bonchev–Trinajstić information content (AvgIpc) is 2.63. The van der Waals surface area contributed by atoms with Crippen molar-refractivity contribution in [2.45, 2.75) is 4.90 Å². The Morgan fingerprint density at radius 1 is 1.54 bits per heavy atom. The molecule has 0 aliphatic heterocycles. The minimum absolute atomic E-state index is 0.682. The second-order valence-corrected chi connectivity index (χ2v) is 3.49. The van der Waals surface area contributed by atoms with Crippen molar-refractivity contribution < 1.29 is 4.79 Å². The number of hydrogen-bond acceptors (Lipinski definition) is 3. The SMILES string of the molecule is CSc1cc(C=O)cc2[nH]cnc12. The molecule has 0 amide bonds. The number of aromatic nitrogens is 2. The van der Waals surface area contributed by atoms with Gasteiger partial charge in [-0.15, -0.1) is 11.8 Å². The number of thioether (sulfide) groups is 1. The number of imidazole rings is 1. The topological polar surface area (TPSA) is 45.8 Å². The molecule has 0 atom stereocenters. The molecule has 3 nitrogen and oxygen atoms in total. The van der Waals surface area contributed by atoms with Gasteiger partial charge >= 0.3 is 0 Å². The summed E-state index contributed by atoms with van der Waals surface area (Å²) in [5.74, 6) is 0. The van der Waals surface area contributed by atoms with E-state index in [0.717, 1.165) is 22.2 Å². The second-order valence-electron chi connectivity index (χ2n) is 2.64. The van der Waals surface area contributed by atoms with Gasteiger partial charge < -0.3 is 4.98 Å². The summed E-state index contributed by atoms with van der Waals surface area (Å²) in [4.78, 5) is 18.8. The quantitative estimate of drug-likeness (QED) is 0.585. The maximum Gasteiger partial charge on any atom is 0.150 e. The number of aromatic amines is 1. The zero-order chi connectivity index (χ0) is 9.26. The first-order chi connectivity index (χ1) is 6.35. The third-order valence-electron chi connectivity index (χ3n) is 1.87. The number of hydrogen-bond donors (Lipinski definition) is 1. The molecule has 1 N–H and O–H groups in total. The largest absolute Gasteiger partial charge is 0.345 e. The third kappa shape index (κ3) is 1.33. The summed E-state index contributed by atoms with van der Waals surface area (Å²) < 4.78 is 0. The van der Waals surface area contributed by atoms with Gasteiger partial charge in [-0.3, -0.25) is 4.79 Å². The minimum Gasteiger partial charge on any atom is -0.345 e. The second kappa shape index (κ2) is 3.22. The van der Waals surface area contributed by atoms with Crippen molar-refractivity contribution in [3.8, 4) is 0 Å². The van der Waals surface area contributed by atoms with Crippen molar-refractivity contribution in [1.82, 2.24) is 9.97 Å². The fraction of sp³-hybridized carbons (Fsp3) is 0.111. The van der Waals surface area contributed by atoms with Gasteiger partial charge in [0.05, 0.1) is 11.8 Å². The molecule has 0 radical (unpaired) electrons. The molecule has 2 aromatic rings. The average molecular weight is 192 g/mol. The van der Waals surface area contributed by atoms with Crippen molar-refractivity contribution >= 4 is 29.1 Å². The van der Waals surface area contributed by atoms with Crippen molar-refractivity contribution in [2.24, 2.45) is 0 Å². The fourth-order valence-corrected chi connectivity index (χ4v) is 1.87. The van der Waals surface area contributed by atoms with Crippen LogP contribution in [0, 0.1) is 0 Å². The first kappa shape index (κ1) is 8.31. The van der Waals surface area contributed by atoms with Gasteiger partial charge in [0.1, 0.15) is 11.8 Å². The number of carbonyl (C=O) groups is 1. The Bertz CT molecular complexity index is 450. The van der Waals surface area contributed by atoms with Crippen LogP contribution in [0.1, 0.15) is 10.4 Å². The normalized spacial score (nSPS) is 10.5. The molecule has 0 spiro atoms. The van der Waals surface area contributed by atoms with E-state index < -0.39 is 0 Å². The van der Waals surface area contributed by atoms with E-state index in [4.69, 9.17) is 0 Å². The predicted molar refractivity (Wildman–Crippen MR) is 53.3 cm³/mol. The van der Waals surface area contributed by atoms with E-state index in [9.17, 15) is 4.79 Å². The zero-order valence-corrected chi connectivity index (χ0v) is 7.89. The minimum atomic E-state index is 0.682. The lowest BCUT2D eigenvalue weighted by atomic mass is 10.2. The maximum atomic E-state index is 10.6. The zero-order valence-electron chi connectivity index (χ0n) is 7.07. The molecule has 0 aliphatic carbocycles. The number of aldehydes is 1. The van der Waals surface area contributed by atoms with Gasteiger partial charge in [-0.05, 0) is 18.4 Å². The molecule has 0 unspecified atom stereocenters. The first-order valence-corrected chi connectivity index (χ1v) is 5.04. The Morgan fingerprint density at radius 2 is 2.38 bits per heavy atom. The lowest BCUT2D eigenvalue weighted by molar-refractivity contribution is 0.112. The van der Waals surface area contributed by atoms with Crippen LogP contribution >= 0.6 is 11.8 Å². The molecule has 0 aliphatic rings. The Balaban J connectivity index is 2.77. The monoisotopic (exact) mass is 192 g/mol. The van der Waals surface area contributed by atoms with Gasteiger partial charge in [0.15, 0.2) is 0 Å². The van der Waals surface area contributed by atoms with E-state index in [-0.39, 0.29) is 0 Å². The predicted octanol–water partition coefficient (Wildman–Crippen LogP) is 2.10. The first-order valence-electron chi connectivity index (χ1n) is 3.81. The highest BCUT2D eigenvalue weighted by atomic mass is 32.2. The van der Waals surface area contributed by atoms with Gasteiger partial charge in [0.25, 0.3) is 0 Å². The van der Waals surface area contributed by atoms with Gasteiger partial charge in [0.2, 0.25) is 0 Å². The standard InChI is InChI=1S/C9H8N2OS/c1-13-8-3-6(4-12)2-7-9(8)11-5-10-7/h2-5H,1H3,(H,10,11). The van der Waals surface area contributed by atoms with Crippen LogP contribution in [-0.4, -0.2) is 22.5 Å². The number of nitrogens with zero attached hydrogens (tertiary/aromatic N) is 1. The smallest absolute Gasteiger partial charge is 0.150 e. The Labute approximate surface area is 79.6 Å². The number of rotatable bonds is 2. The molecule has 1 aromatic carbocycles. The Morgan fingerprint density at radius 3 is 3.08 bits per heavy atom. The fourth-order valence-electron chi connectivity index (χ4n) is 1.26. The van der Waals surface area contributed by atoms with E-state index in [1.54, 1.807) is 24.2 Å². The molecule has 1 heterocycles. The molecule has 66 valence electrons. The molecule has 13 heavy (non-hydrogen) atoms. The number of H-pyrrole nitrogens is 1. The molecule has 0 saturated carbocycles. The van der Waals surface area contributed by atoms with Crippen LogP contribution in [0.15, 0.2) is 23.4 Å². The van der Waals surface area contributed by atoms with Gasteiger partial charge in [-0.25, -0.2) is 4.98 Å².